The van der Waals surface area contributed by atoms with Crippen LogP contribution in [0.15, 0.2) is 48.3 Å². The molecule has 8 unspecified atom stereocenters. The van der Waals surface area contributed by atoms with Crippen molar-refractivity contribution in [3.63, 3.8) is 0 Å². The van der Waals surface area contributed by atoms with E-state index in [0.717, 1.165) is 18.4 Å². The summed E-state index contributed by atoms with van der Waals surface area (Å²) in [6.07, 6.45) is 11.2. The van der Waals surface area contributed by atoms with E-state index in [9.17, 15) is 19.5 Å². The Bertz CT molecular complexity index is 1260. The van der Waals surface area contributed by atoms with Crippen LogP contribution in [0.2, 0.25) is 0 Å². The Kier molecular flexibility index (Phi) is 6.25. The van der Waals surface area contributed by atoms with E-state index in [1.165, 1.54) is 12.4 Å². The molecule has 1 saturated heterocycles. The quantitative estimate of drug-likeness (QED) is 0.443. The predicted octanol–water partition coefficient (Wildman–Crippen LogP) is 4.12. The Balaban J connectivity index is 1.37. The molecule has 2 heterocycles. The Hall–Kier alpha value is -2.68. The first-order valence-electron chi connectivity index (χ1n) is 14.1. The highest BCUT2D eigenvalue weighted by Gasteiger charge is 2.79. The van der Waals surface area contributed by atoms with E-state index in [-0.39, 0.29) is 28.8 Å². The van der Waals surface area contributed by atoms with Crippen LogP contribution < -0.4 is 0 Å². The first-order valence-corrected chi connectivity index (χ1v) is 14.1. The monoisotopic (exact) mass is 535 g/mol. The molecule has 0 radical (unpaired) electrons. The molecular weight excluding hydrogens is 498 g/mol. The normalized spacial score (nSPS) is 42.8. The van der Waals surface area contributed by atoms with Crippen LogP contribution in [0.25, 0.3) is 0 Å². The molecule has 4 aliphatic carbocycles. The van der Waals surface area contributed by atoms with Gasteiger partial charge in [0, 0.05) is 24.2 Å². The highest BCUT2D eigenvalue weighted by Crippen LogP contribution is 2.73. The minimum Gasteiger partial charge on any atom is -0.454 e. The van der Waals surface area contributed by atoms with Gasteiger partial charge in [0.15, 0.2) is 18.7 Å². The van der Waals surface area contributed by atoms with Crippen LogP contribution in [0.3, 0.4) is 0 Å². The zero-order valence-electron chi connectivity index (χ0n) is 22.9. The number of ketones is 2. The van der Waals surface area contributed by atoms with Crippen LogP contribution in [0.5, 0.6) is 0 Å². The molecule has 8 heteroatoms. The summed E-state index contributed by atoms with van der Waals surface area (Å²) in [6.45, 7) is 5.67. The van der Waals surface area contributed by atoms with Crippen molar-refractivity contribution < 1.29 is 33.7 Å². The number of ether oxygens (including phenoxy) is 3. The summed E-state index contributed by atoms with van der Waals surface area (Å²) in [6, 6.07) is 3.09. The number of aromatic nitrogens is 1. The topological polar surface area (TPSA) is 112 Å². The van der Waals surface area contributed by atoms with Crippen molar-refractivity contribution in [3.05, 3.63) is 53.9 Å². The van der Waals surface area contributed by atoms with Crippen molar-refractivity contribution in [2.45, 2.75) is 89.3 Å². The van der Waals surface area contributed by atoms with Gasteiger partial charge in [0.1, 0.15) is 5.60 Å². The van der Waals surface area contributed by atoms with E-state index in [4.69, 9.17) is 14.2 Å². The SMILES string of the molecule is C/C=C/C1OC2(C(=O)COC(=O)c3ccncc3)CCC3(O1)C1CCC4=CC(=O)CCC4(C)C1C(O)CC23C. The minimum absolute atomic E-state index is 0.00713. The summed E-state index contributed by atoms with van der Waals surface area (Å²) in [5, 5.41) is 11.8. The molecule has 3 saturated carbocycles. The number of esters is 1. The van der Waals surface area contributed by atoms with Gasteiger partial charge in [-0.1, -0.05) is 25.5 Å². The van der Waals surface area contributed by atoms with Gasteiger partial charge in [-0.05, 0) is 87.0 Å². The number of Topliss-reactive ketones (excluding diaryl/α,β-unsaturated/α-hetero) is 1. The Morgan fingerprint density at radius 3 is 2.67 bits per heavy atom. The van der Waals surface area contributed by atoms with E-state index in [1.54, 1.807) is 12.1 Å². The maximum atomic E-state index is 14.1. The third-order valence-electron chi connectivity index (χ3n) is 10.9. The summed E-state index contributed by atoms with van der Waals surface area (Å²) in [5.41, 5.74) is -1.61. The van der Waals surface area contributed by atoms with Crippen molar-refractivity contribution in [3.8, 4) is 0 Å². The molecule has 8 atom stereocenters. The molecule has 5 aliphatic rings. The molecular formula is C31H37NO7. The van der Waals surface area contributed by atoms with E-state index in [2.05, 4.69) is 11.9 Å². The van der Waals surface area contributed by atoms with Gasteiger partial charge in [-0.15, -0.1) is 0 Å². The zero-order chi connectivity index (χ0) is 27.6. The third kappa shape index (κ3) is 3.60. The minimum atomic E-state index is -1.26. The molecule has 2 bridgehead atoms. The van der Waals surface area contributed by atoms with Gasteiger partial charge in [-0.25, -0.2) is 4.79 Å². The number of aliphatic hydroxyl groups is 1. The lowest BCUT2D eigenvalue weighted by atomic mass is 9.43. The van der Waals surface area contributed by atoms with Crippen molar-refractivity contribution in [2.75, 3.05) is 6.61 Å². The fourth-order valence-corrected chi connectivity index (χ4v) is 9.06. The van der Waals surface area contributed by atoms with Gasteiger partial charge in [-0.3, -0.25) is 14.6 Å². The number of fused-ring (bicyclic) bond motifs is 3. The average Bonchev–Trinajstić information content (AvgIpc) is 3.04. The Morgan fingerprint density at radius 1 is 1.15 bits per heavy atom. The molecule has 6 rings (SSSR count). The molecule has 0 spiro atoms. The number of allylic oxidation sites excluding steroid dienone is 2. The van der Waals surface area contributed by atoms with E-state index in [1.807, 2.05) is 32.1 Å². The van der Waals surface area contributed by atoms with Crippen molar-refractivity contribution >= 4 is 17.5 Å². The highest BCUT2D eigenvalue weighted by molar-refractivity contribution is 5.95. The number of nitrogens with zero attached hydrogens (tertiary/aromatic N) is 1. The van der Waals surface area contributed by atoms with Gasteiger partial charge in [0.25, 0.3) is 0 Å². The second kappa shape index (κ2) is 9.18. The number of carbonyl (C=O) groups excluding carboxylic acids is 3. The average molecular weight is 536 g/mol. The number of rotatable bonds is 5. The van der Waals surface area contributed by atoms with Crippen LogP contribution in [-0.4, -0.2) is 57.8 Å². The molecule has 1 aromatic heterocycles. The van der Waals surface area contributed by atoms with Crippen LogP contribution in [-0.2, 0) is 23.8 Å². The lowest BCUT2D eigenvalue weighted by Gasteiger charge is -2.67. The van der Waals surface area contributed by atoms with Crippen LogP contribution >= 0.6 is 0 Å². The summed E-state index contributed by atoms with van der Waals surface area (Å²) >= 11 is 0. The van der Waals surface area contributed by atoms with Crippen molar-refractivity contribution in [2.24, 2.45) is 22.7 Å². The lowest BCUT2D eigenvalue weighted by molar-refractivity contribution is -0.365. The second-order valence-electron chi connectivity index (χ2n) is 12.4. The van der Waals surface area contributed by atoms with E-state index >= 15 is 0 Å². The van der Waals surface area contributed by atoms with Gasteiger partial charge >= 0.3 is 5.97 Å². The number of hydrogen-bond acceptors (Lipinski definition) is 8. The smallest absolute Gasteiger partial charge is 0.338 e. The Morgan fingerprint density at radius 2 is 1.92 bits per heavy atom. The third-order valence-corrected chi connectivity index (χ3v) is 10.9. The number of pyridine rings is 1. The lowest BCUT2D eigenvalue weighted by Crippen LogP contribution is -2.74. The summed E-state index contributed by atoms with van der Waals surface area (Å²) in [4.78, 5) is 42.9. The summed E-state index contributed by atoms with van der Waals surface area (Å²) in [7, 11) is 0. The Labute approximate surface area is 228 Å². The molecule has 0 aromatic carbocycles. The fraction of sp³-hybridized carbons (Fsp3) is 0.613. The van der Waals surface area contributed by atoms with Gasteiger partial charge in [0.05, 0.1) is 17.3 Å². The molecule has 4 fully saturated rings. The first-order chi connectivity index (χ1) is 18.6. The summed E-state index contributed by atoms with van der Waals surface area (Å²) < 4.78 is 18.9. The molecule has 1 aromatic rings. The zero-order valence-corrected chi connectivity index (χ0v) is 22.9. The predicted molar refractivity (Wildman–Crippen MR) is 140 cm³/mol. The van der Waals surface area contributed by atoms with Gasteiger partial charge < -0.3 is 19.3 Å². The van der Waals surface area contributed by atoms with Gasteiger partial charge in [-0.2, -0.15) is 0 Å². The second-order valence-corrected chi connectivity index (χ2v) is 12.4. The van der Waals surface area contributed by atoms with Gasteiger partial charge in [0.2, 0.25) is 5.78 Å². The van der Waals surface area contributed by atoms with Crippen LogP contribution in [0.4, 0.5) is 0 Å². The maximum absolute atomic E-state index is 14.1. The fourth-order valence-electron chi connectivity index (χ4n) is 9.06. The number of carbonyl (C=O) groups is 3. The van der Waals surface area contributed by atoms with E-state index in [0.29, 0.717) is 37.7 Å². The number of aliphatic hydroxyl groups excluding tert-OH is 1. The standard InChI is InChI=1S/C31H37NO7/c1-4-5-25-38-30-12-13-31(39-25,24(35)18-37-27(36)19-9-14-32-15-10-19)29(30,3)17-23(34)26-22(30)7-6-20-16-21(33)8-11-28(20,26)2/h4-5,9-10,14-16,22-23,25-26,34H,6-8,11-13,17-18H2,1-3H3/b5-4+. The number of hydrogen-bond donors (Lipinski definition) is 1. The van der Waals surface area contributed by atoms with E-state index < -0.39 is 41.6 Å². The highest BCUT2D eigenvalue weighted by atomic mass is 16.7. The van der Waals surface area contributed by atoms with Crippen molar-refractivity contribution in [1.29, 1.82) is 0 Å². The first kappa shape index (κ1) is 26.5. The largest absolute Gasteiger partial charge is 0.454 e. The molecule has 39 heavy (non-hydrogen) atoms. The van der Waals surface area contributed by atoms with Crippen LogP contribution in [0.1, 0.15) is 76.1 Å². The molecule has 1 aliphatic heterocycles. The maximum Gasteiger partial charge on any atom is 0.338 e. The molecule has 208 valence electrons. The molecule has 8 nitrogen and oxygen atoms in total. The van der Waals surface area contributed by atoms with Crippen LogP contribution in [0, 0.1) is 22.7 Å². The molecule has 1 N–H and O–H groups in total. The van der Waals surface area contributed by atoms with Crippen molar-refractivity contribution in [1.82, 2.24) is 4.98 Å². The molecule has 0 amide bonds. The summed E-state index contributed by atoms with van der Waals surface area (Å²) in [5.74, 6) is -0.824.